The van der Waals surface area contributed by atoms with Crippen molar-refractivity contribution in [1.29, 1.82) is 0 Å². The summed E-state index contributed by atoms with van der Waals surface area (Å²) >= 11 is 0. The van der Waals surface area contributed by atoms with Gasteiger partial charge in [0.1, 0.15) is 6.04 Å². The third kappa shape index (κ3) is 7.14. The van der Waals surface area contributed by atoms with Crippen molar-refractivity contribution in [2.45, 2.75) is 55.8 Å². The quantitative estimate of drug-likeness (QED) is 0.227. The van der Waals surface area contributed by atoms with Gasteiger partial charge in [-0.2, -0.15) is 0 Å². The molecule has 240 valence electrons. The fraction of sp³-hybridized carbons (Fsp3) is 0.344. The maximum absolute atomic E-state index is 14.6. The molecule has 0 aromatic heterocycles. The third-order valence-corrected chi connectivity index (χ3v) is 9.97. The van der Waals surface area contributed by atoms with Crippen LogP contribution in [0.5, 0.6) is 11.5 Å². The second kappa shape index (κ2) is 13.5. The number of hydrogen-bond acceptors (Lipinski definition) is 8. The number of carbonyl (C=O) groups is 3. The van der Waals surface area contributed by atoms with Gasteiger partial charge in [0.25, 0.3) is 0 Å². The van der Waals surface area contributed by atoms with Gasteiger partial charge in [0.05, 0.1) is 30.4 Å². The molecule has 2 atom stereocenters. The summed E-state index contributed by atoms with van der Waals surface area (Å²) in [6.45, 7) is 5.27. The average Bonchev–Trinajstić information content (AvgIpc) is 3.48. The monoisotopic (exact) mass is 638 g/mol. The topological polar surface area (TPSA) is 177 Å². The van der Waals surface area contributed by atoms with Gasteiger partial charge < -0.3 is 30.5 Å². The van der Waals surface area contributed by atoms with Crippen LogP contribution >= 0.6 is 0 Å². The number of carbonyl (C=O) groups excluding carboxylic acids is 2. The van der Waals surface area contributed by atoms with Crippen molar-refractivity contribution in [2.75, 3.05) is 31.4 Å². The number of sulfone groups is 1. The number of benzene rings is 3. The summed E-state index contributed by atoms with van der Waals surface area (Å²) < 4.78 is 37.8. The molecule has 13 heteroatoms. The van der Waals surface area contributed by atoms with E-state index in [-0.39, 0.29) is 22.1 Å². The highest BCUT2D eigenvalue weighted by Crippen LogP contribution is 2.41. The number of nitrogens with two attached hydrogens (primary N) is 1. The average molecular weight is 639 g/mol. The van der Waals surface area contributed by atoms with Crippen molar-refractivity contribution in [3.8, 4) is 11.5 Å². The molecule has 0 unspecified atom stereocenters. The second-order valence-electron chi connectivity index (χ2n) is 11.1. The van der Waals surface area contributed by atoms with Crippen LogP contribution in [0, 0.1) is 6.92 Å². The smallest absolute Gasteiger partial charge is 0.409 e. The van der Waals surface area contributed by atoms with Crippen LogP contribution in [0.3, 0.4) is 0 Å². The van der Waals surface area contributed by atoms with E-state index < -0.39 is 39.2 Å². The number of likely N-dealkylation sites (tertiary alicyclic amines) is 1. The minimum Gasteiger partial charge on any atom is -0.493 e. The number of methoxy groups -OCH3 is 2. The summed E-state index contributed by atoms with van der Waals surface area (Å²) in [6, 6.07) is 12.7. The Kier molecular flexibility index (Phi) is 9.91. The first-order chi connectivity index (χ1) is 21.3. The van der Waals surface area contributed by atoms with E-state index in [4.69, 9.17) is 15.2 Å². The van der Waals surface area contributed by atoms with Crippen LogP contribution in [-0.2, 0) is 14.6 Å². The van der Waals surface area contributed by atoms with E-state index >= 15 is 0 Å². The molecule has 1 aliphatic rings. The predicted molar refractivity (Wildman–Crippen MR) is 170 cm³/mol. The predicted octanol–water partition coefficient (Wildman–Crippen LogP) is 4.90. The molecule has 1 aliphatic heterocycles. The van der Waals surface area contributed by atoms with Crippen molar-refractivity contribution in [1.82, 2.24) is 4.90 Å². The number of amides is 3. The lowest BCUT2D eigenvalue weighted by Crippen LogP contribution is -2.38. The summed E-state index contributed by atoms with van der Waals surface area (Å²) in [7, 11) is -0.813. The summed E-state index contributed by atoms with van der Waals surface area (Å²) in [5, 5.41) is 14.1. The van der Waals surface area contributed by atoms with Crippen molar-refractivity contribution in [3.05, 3.63) is 76.9 Å². The van der Waals surface area contributed by atoms with E-state index in [9.17, 15) is 27.9 Å². The second-order valence-corrected chi connectivity index (χ2v) is 13.6. The number of nitrogens with one attached hydrogen (secondary N) is 2. The minimum atomic E-state index is -3.80. The maximum atomic E-state index is 14.6. The van der Waals surface area contributed by atoms with Crippen LogP contribution in [0.2, 0.25) is 0 Å². The molecule has 1 heterocycles. The largest absolute Gasteiger partial charge is 0.493 e. The highest BCUT2D eigenvalue weighted by molar-refractivity contribution is 7.92. The molecule has 5 N–H and O–H groups in total. The molecule has 3 aromatic carbocycles. The number of hydrogen-bond donors (Lipinski definition) is 4. The van der Waals surface area contributed by atoms with Crippen molar-refractivity contribution in [3.63, 3.8) is 0 Å². The van der Waals surface area contributed by atoms with E-state index in [1.165, 1.54) is 32.4 Å². The van der Waals surface area contributed by atoms with Crippen LogP contribution < -0.4 is 25.8 Å². The molecule has 12 nitrogen and oxygen atoms in total. The minimum absolute atomic E-state index is 0.0403. The highest BCUT2D eigenvalue weighted by Gasteiger charge is 2.38. The summed E-state index contributed by atoms with van der Waals surface area (Å²) in [4.78, 5) is 39.7. The number of rotatable bonds is 11. The maximum Gasteiger partial charge on any atom is 0.409 e. The van der Waals surface area contributed by atoms with Crippen LogP contribution in [0.15, 0.2) is 59.5 Å². The lowest BCUT2D eigenvalue weighted by molar-refractivity contribution is -0.133. The summed E-state index contributed by atoms with van der Waals surface area (Å²) in [5.74, 6) is -0.128. The van der Waals surface area contributed by atoms with E-state index in [0.717, 1.165) is 5.56 Å². The zero-order valence-electron chi connectivity index (χ0n) is 25.8. The molecule has 3 amide bonds. The van der Waals surface area contributed by atoms with Gasteiger partial charge in [-0.05, 0) is 98.8 Å². The van der Waals surface area contributed by atoms with Crippen LogP contribution in [-0.4, -0.2) is 62.3 Å². The van der Waals surface area contributed by atoms with Gasteiger partial charge in [0.15, 0.2) is 21.3 Å². The van der Waals surface area contributed by atoms with E-state index in [1.54, 1.807) is 62.1 Å². The Bertz CT molecular complexity index is 1720. The number of carboxylic acid groups (broad SMARTS) is 1. The lowest BCUT2D eigenvalue weighted by atomic mass is 10.00. The van der Waals surface area contributed by atoms with Crippen LogP contribution in [0.1, 0.15) is 65.8 Å². The first-order valence-electron chi connectivity index (χ1n) is 14.3. The molecule has 0 radical (unpaired) electrons. The van der Waals surface area contributed by atoms with Crippen LogP contribution in [0.4, 0.5) is 16.2 Å². The Labute approximate surface area is 262 Å². The zero-order valence-corrected chi connectivity index (χ0v) is 26.6. The van der Waals surface area contributed by atoms with E-state index in [1.807, 2.05) is 0 Å². The van der Waals surface area contributed by atoms with Gasteiger partial charge in [-0.3, -0.25) is 14.9 Å². The number of ether oxygens (including phenoxy) is 2. The SMILES string of the molecule is COc1ccc([C@@H](Nc2cc(C)cc(C(N)=O)c2)C(=O)N2CCC[C@@H]2c2cc(NC(=O)O)ccc2S(=O)(=O)C(C)C)cc1OC. The molecule has 0 spiro atoms. The fourth-order valence-electron chi connectivity index (χ4n) is 5.54. The molecular formula is C32H38N4O8S. The fourth-order valence-corrected chi connectivity index (χ4v) is 6.83. The molecule has 4 rings (SSSR count). The van der Waals surface area contributed by atoms with E-state index in [0.29, 0.717) is 47.7 Å². The van der Waals surface area contributed by atoms with E-state index in [2.05, 4.69) is 10.6 Å². The van der Waals surface area contributed by atoms with Gasteiger partial charge in [0.2, 0.25) is 11.8 Å². The first kappa shape index (κ1) is 33.1. The Morgan fingerprint density at radius 1 is 0.978 bits per heavy atom. The van der Waals surface area contributed by atoms with Gasteiger partial charge in [-0.1, -0.05) is 6.07 Å². The number of nitrogens with zero attached hydrogens (tertiary/aromatic N) is 1. The van der Waals surface area contributed by atoms with Gasteiger partial charge >= 0.3 is 6.09 Å². The van der Waals surface area contributed by atoms with Gasteiger partial charge in [-0.15, -0.1) is 0 Å². The standard InChI is InChI=1S/C32H38N4O8S/c1-18(2)45(41,42)28-11-9-22(35-32(39)40)17-24(28)25-7-6-12-36(25)31(38)29(20-8-10-26(43-4)27(16-20)44-5)34-23-14-19(3)13-21(15-23)30(33)37/h8-11,13-18,25,29,34-35H,6-7,12H2,1-5H3,(H2,33,37)(H,39,40)/t25-,29-/m1/s1. The number of primary amides is 1. The molecule has 1 saturated heterocycles. The molecule has 0 aliphatic carbocycles. The third-order valence-electron chi connectivity index (χ3n) is 7.74. The van der Waals surface area contributed by atoms with Crippen molar-refractivity contribution >= 4 is 39.1 Å². The molecule has 45 heavy (non-hydrogen) atoms. The molecule has 0 bridgehead atoms. The number of anilines is 2. The molecular weight excluding hydrogens is 600 g/mol. The number of aryl methyl sites for hydroxylation is 1. The summed E-state index contributed by atoms with van der Waals surface area (Å²) in [5.41, 5.74) is 8.09. The Morgan fingerprint density at radius 3 is 2.31 bits per heavy atom. The normalized spacial score (nSPS) is 15.4. The van der Waals surface area contributed by atoms with Crippen molar-refractivity contribution in [2.24, 2.45) is 5.73 Å². The molecule has 0 saturated carbocycles. The van der Waals surface area contributed by atoms with Crippen molar-refractivity contribution < 1.29 is 37.4 Å². The Hall–Kier alpha value is -4.78. The first-order valence-corrected chi connectivity index (χ1v) is 15.9. The molecule has 1 fully saturated rings. The van der Waals surface area contributed by atoms with Gasteiger partial charge in [-0.25, -0.2) is 13.2 Å². The lowest BCUT2D eigenvalue weighted by Gasteiger charge is -2.32. The zero-order chi connectivity index (χ0) is 33.1. The Morgan fingerprint density at radius 2 is 1.69 bits per heavy atom. The van der Waals surface area contributed by atoms with Gasteiger partial charge in [0, 0.05) is 23.5 Å². The van der Waals surface area contributed by atoms with Crippen LogP contribution in [0.25, 0.3) is 0 Å². The highest BCUT2D eigenvalue weighted by atomic mass is 32.2. The summed E-state index contributed by atoms with van der Waals surface area (Å²) in [6.07, 6.45) is -0.257. The Balaban J connectivity index is 1.84. The molecule has 3 aromatic rings.